The molecule has 1 amide bonds. The van der Waals surface area contributed by atoms with Crippen LogP contribution in [-0.4, -0.2) is 43.5 Å². The summed E-state index contributed by atoms with van der Waals surface area (Å²) >= 11 is 2.23. The summed E-state index contributed by atoms with van der Waals surface area (Å²) in [7, 11) is 0. The quantitative estimate of drug-likeness (QED) is 0.802. The van der Waals surface area contributed by atoms with E-state index in [0.29, 0.717) is 6.42 Å². The molecule has 98 valence electrons. The van der Waals surface area contributed by atoms with Crippen molar-refractivity contribution < 1.29 is 4.79 Å². The molecule has 5 heteroatoms. The molecule has 0 atom stereocenters. The molecule has 1 aliphatic rings. The lowest BCUT2D eigenvalue weighted by Gasteiger charge is -2.26. The summed E-state index contributed by atoms with van der Waals surface area (Å²) in [5.41, 5.74) is 0.906. The summed E-state index contributed by atoms with van der Waals surface area (Å²) in [6.07, 6.45) is 0.560. The normalized spacial score (nSPS) is 16.5. The highest BCUT2D eigenvalue weighted by Crippen LogP contribution is 2.16. The van der Waals surface area contributed by atoms with Crippen LogP contribution in [-0.2, 0) is 4.79 Å². The fraction of sp³-hybridized carbons (Fsp3) is 0.462. The number of rotatable bonds is 4. The standard InChI is InChI=1S/C13H18IN3O/c14-11-3-1-2-4-12(11)16-13(18)5-8-17-9-6-15-7-10-17/h1-4,15H,5-10H2,(H,16,18). The van der Waals surface area contributed by atoms with Crippen molar-refractivity contribution in [3.05, 3.63) is 27.8 Å². The Balaban J connectivity index is 1.76. The zero-order valence-electron chi connectivity index (χ0n) is 10.3. The molecule has 0 aromatic heterocycles. The molecule has 0 saturated carbocycles. The molecule has 1 aromatic carbocycles. The predicted molar refractivity (Wildman–Crippen MR) is 81.7 cm³/mol. The Hall–Kier alpha value is -0.660. The average Bonchev–Trinajstić information content (AvgIpc) is 2.40. The van der Waals surface area contributed by atoms with Crippen LogP contribution in [0.1, 0.15) is 6.42 Å². The van der Waals surface area contributed by atoms with Gasteiger partial charge in [0, 0.05) is 42.7 Å². The number of carbonyl (C=O) groups is 1. The average molecular weight is 359 g/mol. The van der Waals surface area contributed by atoms with E-state index in [1.165, 1.54) is 0 Å². The lowest BCUT2D eigenvalue weighted by Crippen LogP contribution is -2.44. The largest absolute Gasteiger partial charge is 0.325 e. The van der Waals surface area contributed by atoms with E-state index in [2.05, 4.69) is 38.1 Å². The van der Waals surface area contributed by atoms with Gasteiger partial charge in [-0.05, 0) is 34.7 Å². The number of piperazine rings is 1. The number of halogens is 1. The second-order valence-electron chi connectivity index (χ2n) is 4.37. The molecule has 0 spiro atoms. The first-order valence-electron chi connectivity index (χ1n) is 6.23. The van der Waals surface area contributed by atoms with E-state index in [-0.39, 0.29) is 5.91 Å². The highest BCUT2D eigenvalue weighted by Gasteiger charge is 2.11. The SMILES string of the molecule is O=C(CCN1CCNCC1)Nc1ccccc1I. The van der Waals surface area contributed by atoms with Gasteiger partial charge in [0.25, 0.3) is 0 Å². The van der Waals surface area contributed by atoms with E-state index in [1.807, 2.05) is 24.3 Å². The molecule has 0 bridgehead atoms. The van der Waals surface area contributed by atoms with Gasteiger partial charge in [-0.25, -0.2) is 0 Å². The highest BCUT2D eigenvalue weighted by atomic mass is 127. The van der Waals surface area contributed by atoms with Gasteiger partial charge in [0.2, 0.25) is 5.91 Å². The maximum atomic E-state index is 11.9. The fourth-order valence-corrected chi connectivity index (χ4v) is 2.49. The molecule has 18 heavy (non-hydrogen) atoms. The van der Waals surface area contributed by atoms with E-state index in [1.54, 1.807) is 0 Å². The van der Waals surface area contributed by atoms with Crippen molar-refractivity contribution in [3.8, 4) is 0 Å². The summed E-state index contributed by atoms with van der Waals surface area (Å²) in [6.45, 7) is 4.97. The van der Waals surface area contributed by atoms with Crippen LogP contribution in [0.3, 0.4) is 0 Å². The van der Waals surface area contributed by atoms with Gasteiger partial charge in [0.1, 0.15) is 0 Å². The molecule has 0 radical (unpaired) electrons. The summed E-state index contributed by atoms with van der Waals surface area (Å²) in [4.78, 5) is 14.2. The van der Waals surface area contributed by atoms with Crippen molar-refractivity contribution in [1.82, 2.24) is 10.2 Å². The molecule has 2 N–H and O–H groups in total. The van der Waals surface area contributed by atoms with Gasteiger partial charge in [-0.15, -0.1) is 0 Å². The van der Waals surface area contributed by atoms with Crippen LogP contribution in [0.25, 0.3) is 0 Å². The minimum Gasteiger partial charge on any atom is -0.325 e. The first kappa shape index (κ1) is 13.8. The number of anilines is 1. The molecule has 0 unspecified atom stereocenters. The minimum atomic E-state index is 0.0950. The molecule has 1 fully saturated rings. The van der Waals surface area contributed by atoms with Crippen LogP contribution in [0.2, 0.25) is 0 Å². The van der Waals surface area contributed by atoms with Crippen molar-refractivity contribution in [2.24, 2.45) is 0 Å². The van der Waals surface area contributed by atoms with Crippen LogP contribution in [0.4, 0.5) is 5.69 Å². The molecular weight excluding hydrogens is 341 g/mol. The van der Waals surface area contributed by atoms with E-state index < -0.39 is 0 Å². The Morgan fingerprint density at radius 2 is 2.06 bits per heavy atom. The van der Waals surface area contributed by atoms with Crippen molar-refractivity contribution >= 4 is 34.2 Å². The Kier molecular flexibility index (Phi) is 5.40. The first-order valence-corrected chi connectivity index (χ1v) is 7.31. The smallest absolute Gasteiger partial charge is 0.225 e. The number of nitrogens with zero attached hydrogens (tertiary/aromatic N) is 1. The van der Waals surface area contributed by atoms with Gasteiger partial charge in [0.05, 0.1) is 5.69 Å². The molecule has 4 nitrogen and oxygen atoms in total. The van der Waals surface area contributed by atoms with E-state index in [9.17, 15) is 4.79 Å². The van der Waals surface area contributed by atoms with Crippen molar-refractivity contribution in [3.63, 3.8) is 0 Å². The minimum absolute atomic E-state index is 0.0950. The number of nitrogens with one attached hydrogen (secondary N) is 2. The Labute approximate surface area is 121 Å². The summed E-state index contributed by atoms with van der Waals surface area (Å²) in [5.74, 6) is 0.0950. The van der Waals surface area contributed by atoms with E-state index in [4.69, 9.17) is 0 Å². The molecule has 1 heterocycles. The van der Waals surface area contributed by atoms with Gasteiger partial charge >= 0.3 is 0 Å². The van der Waals surface area contributed by atoms with Gasteiger partial charge in [-0.1, -0.05) is 12.1 Å². The molecular formula is C13H18IN3O. The van der Waals surface area contributed by atoms with E-state index in [0.717, 1.165) is 42.0 Å². The third-order valence-electron chi connectivity index (χ3n) is 3.01. The molecule has 1 aliphatic heterocycles. The number of carbonyl (C=O) groups excluding carboxylic acids is 1. The van der Waals surface area contributed by atoms with Crippen LogP contribution < -0.4 is 10.6 Å². The Morgan fingerprint density at radius 1 is 1.33 bits per heavy atom. The molecule has 0 aliphatic carbocycles. The van der Waals surface area contributed by atoms with Gasteiger partial charge in [-0.3, -0.25) is 4.79 Å². The van der Waals surface area contributed by atoms with Gasteiger partial charge in [0.15, 0.2) is 0 Å². The number of para-hydroxylation sites is 1. The van der Waals surface area contributed by atoms with Crippen LogP contribution in [0, 0.1) is 3.57 Å². The topological polar surface area (TPSA) is 44.4 Å². The Morgan fingerprint density at radius 3 is 2.78 bits per heavy atom. The second kappa shape index (κ2) is 7.06. The molecule has 1 saturated heterocycles. The summed E-state index contributed by atoms with van der Waals surface area (Å²) < 4.78 is 1.07. The van der Waals surface area contributed by atoms with Gasteiger partial charge in [-0.2, -0.15) is 0 Å². The number of hydrogen-bond acceptors (Lipinski definition) is 3. The highest BCUT2D eigenvalue weighted by molar-refractivity contribution is 14.1. The molecule has 2 rings (SSSR count). The molecule has 1 aromatic rings. The number of benzene rings is 1. The maximum absolute atomic E-state index is 11.9. The van der Waals surface area contributed by atoms with Crippen molar-refractivity contribution in [2.45, 2.75) is 6.42 Å². The van der Waals surface area contributed by atoms with E-state index >= 15 is 0 Å². The summed E-state index contributed by atoms with van der Waals surface area (Å²) in [5, 5.41) is 6.27. The monoisotopic (exact) mass is 359 g/mol. The van der Waals surface area contributed by atoms with Crippen molar-refractivity contribution in [2.75, 3.05) is 38.0 Å². The zero-order valence-corrected chi connectivity index (χ0v) is 12.4. The predicted octanol–water partition coefficient (Wildman–Crippen LogP) is 1.53. The first-order chi connectivity index (χ1) is 8.75. The third kappa shape index (κ3) is 4.22. The van der Waals surface area contributed by atoms with Crippen LogP contribution in [0.5, 0.6) is 0 Å². The zero-order chi connectivity index (χ0) is 12.8. The lowest BCUT2D eigenvalue weighted by atomic mass is 10.3. The van der Waals surface area contributed by atoms with Crippen LogP contribution >= 0.6 is 22.6 Å². The van der Waals surface area contributed by atoms with Crippen LogP contribution in [0.15, 0.2) is 24.3 Å². The lowest BCUT2D eigenvalue weighted by molar-refractivity contribution is -0.116. The maximum Gasteiger partial charge on any atom is 0.225 e. The summed E-state index contributed by atoms with van der Waals surface area (Å²) in [6, 6.07) is 7.84. The number of amides is 1. The second-order valence-corrected chi connectivity index (χ2v) is 5.53. The number of hydrogen-bond donors (Lipinski definition) is 2. The Bertz CT molecular complexity index is 405. The third-order valence-corrected chi connectivity index (χ3v) is 3.95. The fourth-order valence-electron chi connectivity index (χ4n) is 1.97. The van der Waals surface area contributed by atoms with Crippen molar-refractivity contribution in [1.29, 1.82) is 0 Å². The van der Waals surface area contributed by atoms with Gasteiger partial charge < -0.3 is 15.5 Å².